The number of anilines is 3. The minimum Gasteiger partial charge on any atom is -0.310 e. The van der Waals surface area contributed by atoms with Crippen LogP contribution in [-0.4, -0.2) is 4.57 Å². The summed E-state index contributed by atoms with van der Waals surface area (Å²) in [6.07, 6.45) is 0. The Morgan fingerprint density at radius 2 is 0.793 bits per heavy atom. The highest BCUT2D eigenvalue weighted by Gasteiger charge is 2.18. The van der Waals surface area contributed by atoms with Crippen LogP contribution in [0.4, 0.5) is 17.1 Å². The number of hydrogen-bond acceptors (Lipinski definition) is 3. The lowest BCUT2D eigenvalue weighted by atomic mass is 9.97. The third-order valence-electron chi connectivity index (χ3n) is 11.6. The van der Waals surface area contributed by atoms with Gasteiger partial charge in [0.15, 0.2) is 0 Å². The molecular weight excluding hydrogens is 741 g/mol. The quantitative estimate of drug-likeness (QED) is 0.163. The standard InChI is InChI=1S/C54H34N2S2/c1-6-19-48(56-49-20-7-2-15-42(49)43-16-3-8-21-50(43)56)41(14-1)37-13-11-12-36(32-37)35-24-26-38(27-25-35)55(39-28-30-46-44-17-4-9-22-51(44)57-53(46)33-39)40-29-31-47-45-18-5-10-23-52(45)58-54(47)34-40/h1-34H. The van der Waals surface area contributed by atoms with Gasteiger partial charge in [-0.1, -0.05) is 133 Å². The van der Waals surface area contributed by atoms with Gasteiger partial charge in [-0.3, -0.25) is 0 Å². The molecule has 0 N–H and O–H groups in total. The van der Waals surface area contributed by atoms with Crippen molar-refractivity contribution in [1.29, 1.82) is 0 Å². The Hall–Kier alpha value is -6.98. The number of rotatable bonds is 6. The molecule has 0 radical (unpaired) electrons. The van der Waals surface area contributed by atoms with Crippen molar-refractivity contribution in [3.05, 3.63) is 206 Å². The maximum atomic E-state index is 2.42. The van der Waals surface area contributed by atoms with Crippen LogP contribution < -0.4 is 4.90 Å². The summed E-state index contributed by atoms with van der Waals surface area (Å²) in [5, 5.41) is 7.78. The second-order valence-electron chi connectivity index (χ2n) is 14.9. The number of nitrogens with zero attached hydrogens (tertiary/aromatic N) is 2. The fourth-order valence-corrected chi connectivity index (χ4v) is 11.2. The molecular formula is C54H34N2S2. The van der Waals surface area contributed by atoms with Crippen molar-refractivity contribution in [3.63, 3.8) is 0 Å². The first kappa shape index (κ1) is 33.2. The molecule has 0 aliphatic rings. The molecule has 0 fully saturated rings. The van der Waals surface area contributed by atoms with Crippen LogP contribution in [0, 0.1) is 0 Å². The summed E-state index contributed by atoms with van der Waals surface area (Å²) in [6.45, 7) is 0. The van der Waals surface area contributed by atoms with Crippen molar-refractivity contribution in [2.45, 2.75) is 0 Å². The molecule has 0 aliphatic heterocycles. The monoisotopic (exact) mass is 774 g/mol. The highest BCUT2D eigenvalue weighted by atomic mass is 32.1. The molecule has 3 heterocycles. The van der Waals surface area contributed by atoms with Crippen LogP contribution in [0.2, 0.25) is 0 Å². The Kier molecular flexibility index (Phi) is 7.62. The summed E-state index contributed by atoms with van der Waals surface area (Å²) in [7, 11) is 0. The second-order valence-corrected chi connectivity index (χ2v) is 17.1. The molecule has 4 heteroatoms. The van der Waals surface area contributed by atoms with Gasteiger partial charge in [-0.2, -0.15) is 0 Å². The van der Waals surface area contributed by atoms with E-state index in [1.165, 1.54) is 90.1 Å². The van der Waals surface area contributed by atoms with Crippen LogP contribution in [0.1, 0.15) is 0 Å². The molecule has 0 aliphatic carbocycles. The molecule has 9 aromatic carbocycles. The maximum Gasteiger partial charge on any atom is 0.0541 e. The van der Waals surface area contributed by atoms with E-state index in [0.29, 0.717) is 0 Å². The van der Waals surface area contributed by atoms with E-state index in [1.807, 2.05) is 22.7 Å². The molecule has 2 nitrogen and oxygen atoms in total. The lowest BCUT2D eigenvalue weighted by Gasteiger charge is -2.26. The van der Waals surface area contributed by atoms with E-state index >= 15 is 0 Å². The summed E-state index contributed by atoms with van der Waals surface area (Å²) in [5.74, 6) is 0. The summed E-state index contributed by atoms with van der Waals surface area (Å²) in [5.41, 5.74) is 11.8. The maximum absolute atomic E-state index is 2.42. The van der Waals surface area contributed by atoms with Crippen LogP contribution in [0.5, 0.6) is 0 Å². The molecule has 0 bridgehead atoms. The highest BCUT2D eigenvalue weighted by Crippen LogP contribution is 2.44. The van der Waals surface area contributed by atoms with Gasteiger partial charge in [0.05, 0.1) is 16.7 Å². The number of thiophene rings is 2. The van der Waals surface area contributed by atoms with Crippen LogP contribution in [0.15, 0.2) is 206 Å². The Morgan fingerprint density at radius 3 is 1.41 bits per heavy atom. The van der Waals surface area contributed by atoms with Gasteiger partial charge < -0.3 is 9.47 Å². The van der Waals surface area contributed by atoms with Crippen molar-refractivity contribution >= 4 is 102 Å². The Bertz CT molecular complexity index is 3360. The van der Waals surface area contributed by atoms with Crippen molar-refractivity contribution in [3.8, 4) is 27.9 Å². The van der Waals surface area contributed by atoms with E-state index in [4.69, 9.17) is 0 Å². The van der Waals surface area contributed by atoms with E-state index in [9.17, 15) is 0 Å². The van der Waals surface area contributed by atoms with E-state index in [2.05, 4.69) is 216 Å². The van der Waals surface area contributed by atoms with Crippen molar-refractivity contribution in [2.24, 2.45) is 0 Å². The molecule has 12 aromatic rings. The topological polar surface area (TPSA) is 8.17 Å². The smallest absolute Gasteiger partial charge is 0.0541 e. The lowest BCUT2D eigenvalue weighted by molar-refractivity contribution is 1.18. The molecule has 0 amide bonds. The minimum atomic E-state index is 1.12. The molecule has 0 saturated heterocycles. The second kappa shape index (κ2) is 13.3. The van der Waals surface area contributed by atoms with Crippen LogP contribution in [-0.2, 0) is 0 Å². The van der Waals surface area contributed by atoms with Crippen LogP contribution in [0.3, 0.4) is 0 Å². The molecule has 272 valence electrons. The SMILES string of the molecule is c1cc(-c2ccc(N(c3ccc4c(c3)sc3ccccc34)c3ccc4c(c3)sc3ccccc34)cc2)cc(-c2ccccc2-n2c3ccccc3c3ccccc32)c1. The summed E-state index contributed by atoms with van der Waals surface area (Å²) in [6, 6.07) is 75.7. The fourth-order valence-electron chi connectivity index (χ4n) is 8.92. The van der Waals surface area contributed by atoms with Crippen molar-refractivity contribution in [2.75, 3.05) is 4.90 Å². The zero-order chi connectivity index (χ0) is 38.2. The fraction of sp³-hybridized carbons (Fsp3) is 0. The van der Waals surface area contributed by atoms with E-state index in [0.717, 1.165) is 17.1 Å². The first-order valence-corrected chi connectivity index (χ1v) is 21.3. The summed E-state index contributed by atoms with van der Waals surface area (Å²) in [4.78, 5) is 2.41. The van der Waals surface area contributed by atoms with Gasteiger partial charge in [-0.05, 0) is 89.5 Å². The third kappa shape index (κ3) is 5.30. The largest absolute Gasteiger partial charge is 0.310 e. The lowest BCUT2D eigenvalue weighted by Crippen LogP contribution is -2.09. The van der Waals surface area contributed by atoms with E-state index in [1.54, 1.807) is 0 Å². The average Bonchev–Trinajstić information content (AvgIpc) is 3.96. The van der Waals surface area contributed by atoms with Gasteiger partial charge in [0.2, 0.25) is 0 Å². The predicted octanol–water partition coefficient (Wildman–Crippen LogP) is 16.3. The van der Waals surface area contributed by atoms with Crippen molar-refractivity contribution in [1.82, 2.24) is 4.57 Å². The number of aromatic nitrogens is 1. The number of benzene rings is 9. The van der Waals surface area contributed by atoms with Gasteiger partial charge in [-0.25, -0.2) is 0 Å². The molecule has 0 spiro atoms. The first-order chi connectivity index (χ1) is 28.7. The van der Waals surface area contributed by atoms with Gasteiger partial charge in [0, 0.05) is 73.7 Å². The van der Waals surface area contributed by atoms with Gasteiger partial charge in [0.1, 0.15) is 0 Å². The van der Waals surface area contributed by atoms with E-state index in [-0.39, 0.29) is 0 Å². The van der Waals surface area contributed by atoms with Gasteiger partial charge in [0.25, 0.3) is 0 Å². The highest BCUT2D eigenvalue weighted by molar-refractivity contribution is 7.26. The number of fused-ring (bicyclic) bond motifs is 9. The molecule has 0 atom stereocenters. The molecule has 58 heavy (non-hydrogen) atoms. The van der Waals surface area contributed by atoms with Crippen LogP contribution in [0.25, 0.3) is 90.1 Å². The van der Waals surface area contributed by atoms with E-state index < -0.39 is 0 Å². The average molecular weight is 775 g/mol. The Labute approximate surface area is 343 Å². The Balaban J connectivity index is 0.958. The molecule has 0 unspecified atom stereocenters. The Morgan fingerprint density at radius 1 is 0.310 bits per heavy atom. The first-order valence-electron chi connectivity index (χ1n) is 19.7. The minimum absolute atomic E-state index is 1.12. The predicted molar refractivity (Wildman–Crippen MR) is 252 cm³/mol. The molecule has 3 aromatic heterocycles. The zero-order valence-electron chi connectivity index (χ0n) is 31.3. The summed E-state index contributed by atoms with van der Waals surface area (Å²) >= 11 is 3.73. The van der Waals surface area contributed by atoms with Gasteiger partial charge >= 0.3 is 0 Å². The molecule has 12 rings (SSSR count). The molecule has 0 saturated carbocycles. The van der Waals surface area contributed by atoms with Crippen molar-refractivity contribution < 1.29 is 0 Å². The van der Waals surface area contributed by atoms with Crippen LogP contribution >= 0.6 is 22.7 Å². The summed E-state index contributed by atoms with van der Waals surface area (Å²) < 4.78 is 7.64. The normalized spacial score (nSPS) is 11.8. The third-order valence-corrected chi connectivity index (χ3v) is 13.9. The number of para-hydroxylation sites is 3. The number of hydrogen-bond donors (Lipinski definition) is 0. The van der Waals surface area contributed by atoms with Gasteiger partial charge in [-0.15, -0.1) is 22.7 Å². The zero-order valence-corrected chi connectivity index (χ0v) is 33.0.